The standard InChI is InChI=1S/C9H7NO4/c11-5-1-2-7-3-4-9(12)8(6-7)10(13)14/h1-6,12H. The van der Waals surface area contributed by atoms with Gasteiger partial charge in [-0.05, 0) is 17.7 Å². The van der Waals surface area contributed by atoms with Gasteiger partial charge in [-0.3, -0.25) is 14.9 Å². The zero-order valence-electron chi connectivity index (χ0n) is 7.08. The molecule has 1 aromatic carbocycles. The van der Waals surface area contributed by atoms with Crippen molar-refractivity contribution in [2.75, 3.05) is 0 Å². The third-order valence-corrected chi connectivity index (χ3v) is 1.56. The first-order valence-electron chi connectivity index (χ1n) is 3.74. The van der Waals surface area contributed by atoms with E-state index in [1.165, 1.54) is 30.4 Å². The molecule has 0 bridgehead atoms. The Kier molecular flexibility index (Phi) is 2.96. The van der Waals surface area contributed by atoms with E-state index >= 15 is 0 Å². The monoisotopic (exact) mass is 193 g/mol. The Hall–Kier alpha value is -2.17. The molecule has 0 amide bonds. The van der Waals surface area contributed by atoms with E-state index in [0.717, 1.165) is 0 Å². The van der Waals surface area contributed by atoms with Crippen LogP contribution >= 0.6 is 0 Å². The summed E-state index contributed by atoms with van der Waals surface area (Å²) in [7, 11) is 0. The fourth-order valence-electron chi connectivity index (χ4n) is 0.941. The lowest BCUT2D eigenvalue weighted by Crippen LogP contribution is -1.88. The van der Waals surface area contributed by atoms with Crippen LogP contribution in [0.15, 0.2) is 24.3 Å². The number of aromatic hydroxyl groups is 1. The molecule has 0 saturated carbocycles. The van der Waals surface area contributed by atoms with Crippen LogP contribution in [0.25, 0.3) is 6.08 Å². The zero-order chi connectivity index (χ0) is 10.6. The maximum Gasteiger partial charge on any atom is 0.311 e. The number of phenols is 1. The first-order chi connectivity index (χ1) is 6.65. The molecule has 0 unspecified atom stereocenters. The molecule has 0 aliphatic rings. The minimum absolute atomic E-state index is 0.377. The van der Waals surface area contributed by atoms with E-state index in [9.17, 15) is 14.9 Å². The number of hydrogen-bond donors (Lipinski definition) is 1. The third kappa shape index (κ3) is 2.16. The molecule has 5 heteroatoms. The lowest BCUT2D eigenvalue weighted by Gasteiger charge is -1.96. The van der Waals surface area contributed by atoms with Crippen LogP contribution in [0.2, 0.25) is 0 Å². The topological polar surface area (TPSA) is 80.4 Å². The summed E-state index contributed by atoms with van der Waals surface area (Å²) in [6, 6.07) is 3.88. The van der Waals surface area contributed by atoms with Crippen LogP contribution in [0.1, 0.15) is 5.56 Å². The van der Waals surface area contributed by atoms with E-state index in [2.05, 4.69) is 0 Å². The minimum Gasteiger partial charge on any atom is -0.502 e. The van der Waals surface area contributed by atoms with E-state index in [1.54, 1.807) is 0 Å². The number of nitro benzene ring substituents is 1. The molecule has 1 rings (SSSR count). The molecule has 0 aromatic heterocycles. The molecule has 0 saturated heterocycles. The SMILES string of the molecule is O=CC=Cc1ccc(O)c([N+](=O)[O-])c1. The average molecular weight is 193 g/mol. The summed E-state index contributed by atoms with van der Waals surface area (Å²) in [5.74, 6) is -0.391. The van der Waals surface area contributed by atoms with Crippen molar-refractivity contribution in [1.82, 2.24) is 0 Å². The molecule has 1 N–H and O–H groups in total. The number of aldehydes is 1. The van der Waals surface area contributed by atoms with E-state index in [1.807, 2.05) is 0 Å². The van der Waals surface area contributed by atoms with Gasteiger partial charge in [-0.2, -0.15) is 0 Å². The van der Waals surface area contributed by atoms with Crippen molar-refractivity contribution in [3.63, 3.8) is 0 Å². The van der Waals surface area contributed by atoms with Gasteiger partial charge >= 0.3 is 5.69 Å². The number of carbonyl (C=O) groups is 1. The minimum atomic E-state index is -0.687. The van der Waals surface area contributed by atoms with Gasteiger partial charge in [0, 0.05) is 6.07 Å². The molecule has 72 valence electrons. The fourth-order valence-corrected chi connectivity index (χ4v) is 0.941. The van der Waals surface area contributed by atoms with Crippen molar-refractivity contribution >= 4 is 18.0 Å². The summed E-state index contributed by atoms with van der Waals surface area (Å²) in [4.78, 5) is 19.7. The van der Waals surface area contributed by atoms with Crippen molar-refractivity contribution in [1.29, 1.82) is 0 Å². The molecule has 14 heavy (non-hydrogen) atoms. The Balaban J connectivity index is 3.12. The molecule has 0 atom stereocenters. The first kappa shape index (κ1) is 9.91. The molecule has 0 heterocycles. The highest BCUT2D eigenvalue weighted by Gasteiger charge is 2.12. The highest BCUT2D eigenvalue weighted by molar-refractivity contribution is 5.74. The van der Waals surface area contributed by atoms with Crippen molar-refractivity contribution in [2.24, 2.45) is 0 Å². The van der Waals surface area contributed by atoms with Gasteiger partial charge < -0.3 is 5.11 Å². The van der Waals surface area contributed by atoms with Crippen molar-refractivity contribution in [2.45, 2.75) is 0 Å². The van der Waals surface area contributed by atoms with E-state index < -0.39 is 10.7 Å². The maximum absolute atomic E-state index is 10.4. The molecule has 1 aromatic rings. The van der Waals surface area contributed by atoms with Gasteiger partial charge in [0.05, 0.1) is 4.92 Å². The Labute approximate surface area is 79.4 Å². The van der Waals surface area contributed by atoms with Crippen LogP contribution in [0.4, 0.5) is 5.69 Å². The molecule has 0 aliphatic heterocycles. The Morgan fingerprint density at radius 2 is 2.14 bits per heavy atom. The predicted octanol–water partition coefficient (Wildman–Crippen LogP) is 1.51. The quantitative estimate of drug-likeness (QED) is 0.341. The Morgan fingerprint density at radius 1 is 1.43 bits per heavy atom. The van der Waals surface area contributed by atoms with Crippen molar-refractivity contribution in [3.05, 3.63) is 40.0 Å². The second-order valence-electron chi connectivity index (χ2n) is 2.50. The zero-order valence-corrected chi connectivity index (χ0v) is 7.08. The number of allylic oxidation sites excluding steroid dienone is 1. The molecule has 0 fully saturated rings. The van der Waals surface area contributed by atoms with Gasteiger partial charge in [0.1, 0.15) is 6.29 Å². The fraction of sp³-hybridized carbons (Fsp3) is 0. The lowest BCUT2D eigenvalue weighted by molar-refractivity contribution is -0.385. The number of hydrogen-bond acceptors (Lipinski definition) is 4. The van der Waals surface area contributed by atoms with Crippen molar-refractivity contribution < 1.29 is 14.8 Å². The average Bonchev–Trinajstić information content (AvgIpc) is 2.16. The summed E-state index contributed by atoms with van der Waals surface area (Å²) in [6.07, 6.45) is 3.20. The molecule has 5 nitrogen and oxygen atoms in total. The number of phenolic OH excluding ortho intramolecular Hbond substituents is 1. The van der Waals surface area contributed by atoms with E-state index in [-0.39, 0.29) is 5.69 Å². The molecule has 0 radical (unpaired) electrons. The number of rotatable bonds is 3. The first-order valence-corrected chi connectivity index (χ1v) is 3.74. The number of nitrogens with zero attached hydrogens (tertiary/aromatic N) is 1. The van der Waals surface area contributed by atoms with E-state index in [0.29, 0.717) is 11.8 Å². The molecule has 0 aliphatic carbocycles. The summed E-state index contributed by atoms with van der Waals surface area (Å²) in [5, 5.41) is 19.5. The third-order valence-electron chi connectivity index (χ3n) is 1.56. The Morgan fingerprint density at radius 3 is 2.71 bits per heavy atom. The van der Waals surface area contributed by atoms with Gasteiger partial charge in [-0.1, -0.05) is 12.1 Å². The van der Waals surface area contributed by atoms with Crippen molar-refractivity contribution in [3.8, 4) is 5.75 Å². The smallest absolute Gasteiger partial charge is 0.311 e. The highest BCUT2D eigenvalue weighted by atomic mass is 16.6. The van der Waals surface area contributed by atoms with Gasteiger partial charge in [0.2, 0.25) is 0 Å². The molecular weight excluding hydrogens is 186 g/mol. The summed E-state index contributed by atoms with van der Waals surface area (Å²) in [6.45, 7) is 0. The predicted molar refractivity (Wildman–Crippen MR) is 49.9 cm³/mol. The van der Waals surface area contributed by atoms with Crippen LogP contribution in [0.5, 0.6) is 5.75 Å². The van der Waals surface area contributed by atoms with Gasteiger partial charge in [-0.25, -0.2) is 0 Å². The van der Waals surface area contributed by atoms with Crippen LogP contribution in [-0.4, -0.2) is 16.3 Å². The summed E-state index contributed by atoms with van der Waals surface area (Å²) in [5.41, 5.74) is 0.111. The van der Waals surface area contributed by atoms with Gasteiger partial charge in [0.25, 0.3) is 0 Å². The lowest BCUT2D eigenvalue weighted by atomic mass is 10.2. The van der Waals surface area contributed by atoms with Gasteiger partial charge in [-0.15, -0.1) is 0 Å². The maximum atomic E-state index is 10.4. The Bertz CT molecular complexity index is 398. The number of benzene rings is 1. The normalized spacial score (nSPS) is 10.3. The number of carbonyl (C=O) groups excluding carboxylic acids is 1. The second kappa shape index (κ2) is 4.18. The van der Waals surface area contributed by atoms with Crippen LogP contribution in [0, 0.1) is 10.1 Å². The number of nitro groups is 1. The van der Waals surface area contributed by atoms with E-state index in [4.69, 9.17) is 5.11 Å². The summed E-state index contributed by atoms with van der Waals surface area (Å²) >= 11 is 0. The largest absolute Gasteiger partial charge is 0.502 e. The molecular formula is C9H7NO4. The summed E-state index contributed by atoms with van der Waals surface area (Å²) < 4.78 is 0. The van der Waals surface area contributed by atoms with Crippen LogP contribution in [-0.2, 0) is 4.79 Å². The van der Waals surface area contributed by atoms with Crippen LogP contribution < -0.4 is 0 Å². The molecule has 0 spiro atoms. The second-order valence-corrected chi connectivity index (χ2v) is 2.50. The van der Waals surface area contributed by atoms with Crippen LogP contribution in [0.3, 0.4) is 0 Å². The van der Waals surface area contributed by atoms with Gasteiger partial charge in [0.15, 0.2) is 5.75 Å². The highest BCUT2D eigenvalue weighted by Crippen LogP contribution is 2.26.